The molecule has 0 aliphatic heterocycles. The number of carbonyl (C=O) groups excluding carboxylic acids is 1. The van der Waals surface area contributed by atoms with Gasteiger partial charge in [0.25, 0.3) is 9.04 Å². The summed E-state index contributed by atoms with van der Waals surface area (Å²) in [6.45, 7) is 6.64. The van der Waals surface area contributed by atoms with Gasteiger partial charge in [-0.25, -0.2) is 14.2 Å². The Hall–Kier alpha value is -3.50. The number of nitrogens with zero attached hydrogens (tertiary/aromatic N) is 3. The molecule has 47 heavy (non-hydrogen) atoms. The first-order chi connectivity index (χ1) is 22.1. The Kier molecular flexibility index (Phi) is 11.7. The first-order valence-electron chi connectivity index (χ1n) is 14.3. The molecule has 1 N–H and O–H groups in total. The highest BCUT2D eigenvalue weighted by atomic mass is 35.5. The van der Waals surface area contributed by atoms with E-state index in [2.05, 4.69) is 65.2 Å². The summed E-state index contributed by atoms with van der Waals surface area (Å²) in [4.78, 5) is 36.7. The number of benzene rings is 2. The maximum absolute atomic E-state index is 14.9. The van der Waals surface area contributed by atoms with Crippen LogP contribution < -0.4 is 30.8 Å². The van der Waals surface area contributed by atoms with Gasteiger partial charge >= 0.3 is 17.7 Å². The Labute approximate surface area is 279 Å². The molecule has 16 heteroatoms. The molecule has 4 rings (SSSR count). The van der Waals surface area contributed by atoms with Crippen LogP contribution in [-0.4, -0.2) is 68.4 Å². The molecule has 0 unspecified atom stereocenters. The van der Waals surface area contributed by atoms with Gasteiger partial charge in [-0.2, -0.15) is 18.2 Å². The van der Waals surface area contributed by atoms with Crippen LogP contribution >= 0.6 is 23.4 Å². The predicted molar refractivity (Wildman–Crippen MR) is 174 cm³/mol. The van der Waals surface area contributed by atoms with E-state index in [1.54, 1.807) is 7.05 Å². The Bertz CT molecular complexity index is 1770. The van der Waals surface area contributed by atoms with Crippen molar-refractivity contribution in [3.63, 3.8) is 0 Å². The van der Waals surface area contributed by atoms with Crippen LogP contribution in [0.15, 0.2) is 64.5 Å². The molecular formula is C31H32ClF4N4O5SSi. The van der Waals surface area contributed by atoms with Crippen LogP contribution in [0.3, 0.4) is 0 Å². The van der Waals surface area contributed by atoms with Crippen molar-refractivity contribution in [3.8, 4) is 5.88 Å². The first kappa shape index (κ1) is 36.3. The largest absolute Gasteiger partial charge is 0.493 e. The number of rotatable bonds is 12. The summed E-state index contributed by atoms with van der Waals surface area (Å²) in [6.07, 6.45) is -3.63. The molecule has 0 aliphatic carbocycles. The molecule has 0 bridgehead atoms. The molecule has 0 fully saturated rings. The van der Waals surface area contributed by atoms with Crippen molar-refractivity contribution >= 4 is 59.6 Å². The van der Waals surface area contributed by atoms with Gasteiger partial charge in [0.15, 0.2) is 11.0 Å². The number of nitrogens with one attached hydrogen (secondary N) is 1. The van der Waals surface area contributed by atoms with Crippen LogP contribution in [0.5, 0.6) is 5.88 Å². The van der Waals surface area contributed by atoms with Crippen LogP contribution in [0.1, 0.15) is 32.8 Å². The minimum absolute atomic E-state index is 0.00191. The topological polar surface area (TPSA) is 105 Å². The van der Waals surface area contributed by atoms with Gasteiger partial charge in [-0.3, -0.25) is 4.79 Å². The quantitative estimate of drug-likeness (QED) is 0.0758. The van der Waals surface area contributed by atoms with Gasteiger partial charge < -0.3 is 19.3 Å². The van der Waals surface area contributed by atoms with Crippen LogP contribution in [-0.2, 0) is 14.6 Å². The summed E-state index contributed by atoms with van der Waals surface area (Å²) in [6, 6.07) is 17.9. The molecule has 0 spiro atoms. The van der Waals surface area contributed by atoms with Crippen LogP contribution in [0.25, 0.3) is 10.9 Å². The van der Waals surface area contributed by atoms with E-state index in [1.165, 1.54) is 11.8 Å². The van der Waals surface area contributed by atoms with Gasteiger partial charge in [-0.05, 0) is 41.1 Å². The van der Waals surface area contributed by atoms with Gasteiger partial charge in [-0.15, -0.1) is 4.73 Å². The third-order valence-corrected chi connectivity index (χ3v) is 10.1. The highest BCUT2D eigenvalue weighted by Crippen LogP contribution is 2.29. The summed E-state index contributed by atoms with van der Waals surface area (Å²) in [5.74, 6) is -4.36. The van der Waals surface area contributed by atoms with Gasteiger partial charge in [0.1, 0.15) is 17.5 Å². The second-order valence-corrected chi connectivity index (χ2v) is 14.5. The van der Waals surface area contributed by atoms with E-state index in [0.717, 1.165) is 10.4 Å². The number of alkyl halides is 3. The Morgan fingerprint density at radius 3 is 2.28 bits per heavy atom. The monoisotopic (exact) mass is 711 g/mol. The molecule has 2 aromatic carbocycles. The van der Waals surface area contributed by atoms with Crippen molar-refractivity contribution in [2.24, 2.45) is 0 Å². The van der Waals surface area contributed by atoms with E-state index < -0.39 is 59.7 Å². The SMILES string of the molecule is CN[C@@H](CCO[Si](c1ccccc1)c1ccc(C(C)(C)C)cc1)COc1nc(Cl)c(F)c2nc(SC)n(OC(=O)C(F)(F)F)c(=O)c12. The molecule has 1 radical (unpaired) electrons. The molecule has 0 amide bonds. The molecule has 2 aromatic heterocycles. The summed E-state index contributed by atoms with van der Waals surface area (Å²) in [5, 5.41) is 3.37. The Morgan fingerprint density at radius 2 is 1.70 bits per heavy atom. The zero-order valence-electron chi connectivity index (χ0n) is 26.1. The number of pyridine rings is 1. The lowest BCUT2D eigenvalue weighted by Gasteiger charge is -2.22. The second kappa shape index (κ2) is 15.2. The van der Waals surface area contributed by atoms with Gasteiger partial charge in [0.2, 0.25) is 11.0 Å². The molecule has 4 aromatic rings. The maximum atomic E-state index is 14.9. The van der Waals surface area contributed by atoms with Gasteiger partial charge in [0.05, 0.1) is 0 Å². The number of carbonyl (C=O) groups is 1. The number of ether oxygens (including phenoxy) is 1. The smallest absolute Gasteiger partial charge is 0.475 e. The summed E-state index contributed by atoms with van der Waals surface area (Å²) >= 11 is 6.60. The maximum Gasteiger partial charge on any atom is 0.493 e. The highest BCUT2D eigenvalue weighted by molar-refractivity contribution is 7.98. The summed E-state index contributed by atoms with van der Waals surface area (Å²) in [5.41, 5.74) is -0.741. The van der Waals surface area contributed by atoms with Crippen LogP contribution in [0, 0.1) is 5.82 Å². The van der Waals surface area contributed by atoms with Crippen molar-refractivity contribution in [2.45, 2.75) is 50.0 Å². The molecular weight excluding hydrogens is 680 g/mol. The number of halogens is 5. The summed E-state index contributed by atoms with van der Waals surface area (Å²) in [7, 11) is 0.0591. The van der Waals surface area contributed by atoms with Crippen molar-refractivity contribution in [1.82, 2.24) is 20.0 Å². The molecule has 9 nitrogen and oxygen atoms in total. The lowest BCUT2D eigenvalue weighted by atomic mass is 9.87. The fraction of sp³-hybridized carbons (Fsp3) is 0.355. The molecule has 251 valence electrons. The standard InChI is InChI=1S/C31H32ClF4N4O5SSi/c1-30(2,3)18-11-13-21(14-12-18)47(20-9-7-6-8-10-20)44-16-15-19(37-4)17-43-26-22-24(23(33)25(32)39-26)38-29(46-5)40(27(22)41)45-28(42)31(34,35)36/h6-14,19,37H,15-17H2,1-5H3/t19-/m0/s1. The summed E-state index contributed by atoms with van der Waals surface area (Å²) < 4.78 is 66.0. The predicted octanol–water partition coefficient (Wildman–Crippen LogP) is 4.30. The molecule has 2 heterocycles. The zero-order valence-corrected chi connectivity index (χ0v) is 28.6. The number of hydrogen-bond acceptors (Lipinski definition) is 9. The van der Waals surface area contributed by atoms with Crippen molar-refractivity contribution in [2.75, 3.05) is 26.5 Å². The van der Waals surface area contributed by atoms with Crippen molar-refractivity contribution < 1.29 is 36.4 Å². The molecule has 0 saturated carbocycles. The number of fused-ring (bicyclic) bond motifs is 1. The lowest BCUT2D eigenvalue weighted by Crippen LogP contribution is -2.46. The fourth-order valence-electron chi connectivity index (χ4n) is 4.42. The number of hydrogen-bond donors (Lipinski definition) is 1. The van der Waals surface area contributed by atoms with Crippen LogP contribution in [0.2, 0.25) is 5.15 Å². The third kappa shape index (κ3) is 8.70. The molecule has 0 saturated heterocycles. The molecule has 1 atom stereocenters. The first-order valence-corrected chi connectivity index (χ1v) is 17.3. The Balaban J connectivity index is 1.55. The zero-order chi connectivity index (χ0) is 34.5. The van der Waals surface area contributed by atoms with E-state index in [4.69, 9.17) is 20.8 Å². The average Bonchev–Trinajstić information content (AvgIpc) is 3.03. The number of aromatic nitrogens is 3. The van der Waals surface area contributed by atoms with Crippen molar-refractivity contribution in [1.29, 1.82) is 0 Å². The molecule has 0 aliphatic rings. The third-order valence-electron chi connectivity index (χ3n) is 7.00. The number of likely N-dealkylation sites (N-methyl/N-ethyl adjacent to an activating group) is 1. The second-order valence-electron chi connectivity index (χ2n) is 11.3. The minimum atomic E-state index is -5.41. The van der Waals surface area contributed by atoms with E-state index in [9.17, 15) is 27.2 Å². The normalized spacial score (nSPS) is 12.8. The van der Waals surface area contributed by atoms with Gasteiger partial charge in [0, 0.05) is 12.6 Å². The highest BCUT2D eigenvalue weighted by Gasteiger charge is 2.43. The minimum Gasteiger partial charge on any atom is -0.475 e. The lowest BCUT2D eigenvalue weighted by molar-refractivity contribution is -0.201. The van der Waals surface area contributed by atoms with E-state index >= 15 is 0 Å². The number of thioether (sulfide) groups is 1. The van der Waals surface area contributed by atoms with Crippen LogP contribution in [0.4, 0.5) is 17.6 Å². The Morgan fingerprint density at radius 1 is 1.06 bits per heavy atom. The van der Waals surface area contributed by atoms with Gasteiger partial charge in [-0.1, -0.05) is 98.7 Å². The van der Waals surface area contributed by atoms with E-state index in [0.29, 0.717) is 24.8 Å². The van der Waals surface area contributed by atoms with Crippen molar-refractivity contribution in [3.05, 3.63) is 81.5 Å². The van der Waals surface area contributed by atoms with E-state index in [1.807, 2.05) is 30.3 Å². The fourth-order valence-corrected chi connectivity index (χ4v) is 7.00. The average molecular weight is 712 g/mol. The van der Waals surface area contributed by atoms with E-state index in [-0.39, 0.29) is 22.8 Å².